The summed E-state index contributed by atoms with van der Waals surface area (Å²) in [6.07, 6.45) is 0. The number of ketones is 1. The number of sulfone groups is 1. The molecule has 0 bridgehead atoms. The van der Waals surface area contributed by atoms with Crippen LogP contribution in [0.15, 0.2) is 81.0 Å². The van der Waals surface area contributed by atoms with Crippen LogP contribution in [0.3, 0.4) is 0 Å². The molecular weight excluding hydrogens is 486 g/mol. The molecule has 31 heavy (non-hydrogen) atoms. The Hall–Kier alpha value is -3.30. The summed E-state index contributed by atoms with van der Waals surface area (Å²) in [7, 11) is -3.98. The van der Waals surface area contributed by atoms with Gasteiger partial charge in [-0.05, 0) is 58.4 Å². The summed E-state index contributed by atoms with van der Waals surface area (Å²) in [5.41, 5.74) is 0.514. The van der Waals surface area contributed by atoms with Crippen LogP contribution in [0.4, 0.5) is 5.69 Å². The monoisotopic (exact) mass is 499 g/mol. The number of rotatable bonds is 4. The molecule has 3 aromatic carbocycles. The molecule has 0 spiro atoms. The van der Waals surface area contributed by atoms with E-state index in [4.69, 9.17) is 4.74 Å². The summed E-state index contributed by atoms with van der Waals surface area (Å²) in [5.74, 6) is -1.88. The number of halogens is 1. The van der Waals surface area contributed by atoms with Crippen LogP contribution in [0.5, 0.6) is 0 Å². The summed E-state index contributed by atoms with van der Waals surface area (Å²) < 4.78 is 31.6. The zero-order chi connectivity index (χ0) is 22.2. The van der Waals surface area contributed by atoms with Gasteiger partial charge in [0.1, 0.15) is 0 Å². The largest absolute Gasteiger partial charge is 0.452 e. The molecule has 4 rings (SSSR count). The highest BCUT2D eigenvalue weighted by atomic mass is 79.9. The van der Waals surface area contributed by atoms with Crippen LogP contribution in [-0.4, -0.2) is 32.7 Å². The van der Waals surface area contributed by atoms with E-state index in [0.29, 0.717) is 10.2 Å². The van der Waals surface area contributed by atoms with Gasteiger partial charge in [-0.3, -0.25) is 9.59 Å². The fraction of sp³-hybridized carbons (Fsp3) is 0.0455. The number of hydrogen-bond acceptors (Lipinski definition) is 6. The summed E-state index contributed by atoms with van der Waals surface area (Å²) in [6, 6.07) is 16.5. The highest BCUT2D eigenvalue weighted by Gasteiger charge is 2.35. The second-order valence-corrected chi connectivity index (χ2v) is 9.38. The van der Waals surface area contributed by atoms with Crippen LogP contribution in [0.25, 0.3) is 0 Å². The van der Waals surface area contributed by atoms with Crippen molar-refractivity contribution >= 4 is 49.1 Å². The molecule has 1 N–H and O–H groups in total. The molecule has 0 unspecified atom stereocenters. The van der Waals surface area contributed by atoms with Crippen LogP contribution in [0.2, 0.25) is 0 Å². The van der Waals surface area contributed by atoms with Crippen LogP contribution in [0, 0.1) is 0 Å². The average Bonchev–Trinajstić information content (AvgIpc) is 2.77. The van der Waals surface area contributed by atoms with E-state index in [9.17, 15) is 22.8 Å². The van der Waals surface area contributed by atoms with Gasteiger partial charge in [0.2, 0.25) is 9.84 Å². The van der Waals surface area contributed by atoms with E-state index >= 15 is 0 Å². The highest BCUT2D eigenvalue weighted by molar-refractivity contribution is 9.10. The van der Waals surface area contributed by atoms with Gasteiger partial charge in [0, 0.05) is 15.6 Å². The highest BCUT2D eigenvalue weighted by Crippen LogP contribution is 2.34. The van der Waals surface area contributed by atoms with E-state index in [1.807, 2.05) is 0 Å². The number of fused-ring (bicyclic) bond motifs is 2. The third-order valence-electron chi connectivity index (χ3n) is 4.65. The van der Waals surface area contributed by atoms with Crippen molar-refractivity contribution in [1.29, 1.82) is 0 Å². The molecule has 3 aromatic rings. The first-order valence-electron chi connectivity index (χ1n) is 9.03. The topological polar surface area (TPSA) is 107 Å². The summed E-state index contributed by atoms with van der Waals surface area (Å²) >= 11 is 3.30. The smallest absolute Gasteiger partial charge is 0.338 e. The lowest BCUT2D eigenvalue weighted by Gasteiger charge is -2.19. The van der Waals surface area contributed by atoms with E-state index in [0.717, 1.165) is 6.07 Å². The molecule has 0 saturated heterocycles. The molecule has 0 fully saturated rings. The summed E-state index contributed by atoms with van der Waals surface area (Å²) in [5, 5.41) is 2.59. The van der Waals surface area contributed by atoms with Crippen LogP contribution in [0.1, 0.15) is 26.3 Å². The zero-order valence-corrected chi connectivity index (χ0v) is 18.2. The lowest BCUT2D eigenvalue weighted by molar-refractivity contribution is -0.119. The van der Waals surface area contributed by atoms with E-state index in [-0.39, 0.29) is 26.5 Å². The zero-order valence-electron chi connectivity index (χ0n) is 15.8. The normalized spacial score (nSPS) is 13.6. The van der Waals surface area contributed by atoms with Crippen molar-refractivity contribution in [2.45, 2.75) is 9.79 Å². The van der Waals surface area contributed by atoms with Crippen molar-refractivity contribution in [1.82, 2.24) is 0 Å². The number of carbonyl (C=O) groups is 3. The number of amides is 1. The van der Waals surface area contributed by atoms with Gasteiger partial charge >= 0.3 is 5.97 Å². The Balaban J connectivity index is 1.53. The molecule has 1 aliphatic heterocycles. The van der Waals surface area contributed by atoms with Crippen LogP contribution >= 0.6 is 15.9 Å². The predicted octanol–water partition coefficient (Wildman–Crippen LogP) is 3.62. The van der Waals surface area contributed by atoms with Crippen molar-refractivity contribution in [3.05, 3.63) is 87.9 Å². The Morgan fingerprint density at radius 1 is 0.903 bits per heavy atom. The minimum atomic E-state index is -3.98. The van der Waals surface area contributed by atoms with Gasteiger partial charge in [0.15, 0.2) is 12.4 Å². The molecule has 1 aliphatic rings. The lowest BCUT2D eigenvalue weighted by Crippen LogP contribution is -2.23. The number of para-hydroxylation sites is 1. The molecule has 7 nitrogen and oxygen atoms in total. The summed E-state index contributed by atoms with van der Waals surface area (Å²) in [6.45, 7) is -0.564. The van der Waals surface area contributed by atoms with Crippen LogP contribution < -0.4 is 5.32 Å². The summed E-state index contributed by atoms with van der Waals surface area (Å²) in [4.78, 5) is 36.8. The molecule has 0 saturated carbocycles. The standard InChI is InChI=1S/C22H14BrNO6S/c23-16-6-2-3-7-17(16)24-20(25)12-30-22(27)13-9-10-15-19(11-13)31(28,29)18-8-4-1-5-14(18)21(15)26/h1-11H,12H2,(H,24,25). The number of carbonyl (C=O) groups excluding carboxylic acids is 3. The van der Waals surface area contributed by atoms with Gasteiger partial charge < -0.3 is 10.1 Å². The van der Waals surface area contributed by atoms with Gasteiger partial charge in [-0.25, -0.2) is 13.2 Å². The van der Waals surface area contributed by atoms with Crippen molar-refractivity contribution in [3.8, 4) is 0 Å². The van der Waals surface area contributed by atoms with Gasteiger partial charge in [-0.1, -0.05) is 24.3 Å². The van der Waals surface area contributed by atoms with E-state index in [1.54, 1.807) is 30.3 Å². The number of hydrogen-bond donors (Lipinski definition) is 1. The minimum Gasteiger partial charge on any atom is -0.452 e. The first-order valence-corrected chi connectivity index (χ1v) is 11.3. The number of ether oxygens (including phenoxy) is 1. The van der Waals surface area contributed by atoms with Gasteiger partial charge in [0.05, 0.1) is 21.0 Å². The van der Waals surface area contributed by atoms with Crippen molar-refractivity contribution < 1.29 is 27.5 Å². The Bertz CT molecular complexity index is 1350. The number of nitrogens with one attached hydrogen (secondary N) is 1. The van der Waals surface area contributed by atoms with E-state index < -0.39 is 34.1 Å². The maximum atomic E-state index is 12.9. The number of esters is 1. The first kappa shape index (κ1) is 21.0. The molecule has 0 atom stereocenters. The molecule has 0 aromatic heterocycles. The maximum Gasteiger partial charge on any atom is 0.338 e. The van der Waals surface area contributed by atoms with Crippen molar-refractivity contribution in [2.75, 3.05) is 11.9 Å². The lowest BCUT2D eigenvalue weighted by atomic mass is 10.0. The maximum absolute atomic E-state index is 12.9. The van der Waals surface area contributed by atoms with Crippen molar-refractivity contribution in [3.63, 3.8) is 0 Å². The third-order valence-corrected chi connectivity index (χ3v) is 7.20. The minimum absolute atomic E-state index is 0.0121. The number of benzene rings is 3. The average molecular weight is 500 g/mol. The SMILES string of the molecule is O=C(COC(=O)c1ccc2c(c1)S(=O)(=O)c1ccccc1C2=O)Nc1ccccc1Br. The Morgan fingerprint density at radius 3 is 2.35 bits per heavy atom. The first-order chi connectivity index (χ1) is 14.8. The molecular formula is C22H14BrNO6S. The quantitative estimate of drug-likeness (QED) is 0.429. The fourth-order valence-electron chi connectivity index (χ4n) is 3.17. The fourth-order valence-corrected chi connectivity index (χ4v) is 5.24. The van der Waals surface area contributed by atoms with E-state index in [1.165, 1.54) is 30.3 Å². The van der Waals surface area contributed by atoms with E-state index in [2.05, 4.69) is 21.2 Å². The third kappa shape index (κ3) is 3.89. The molecule has 0 radical (unpaired) electrons. The van der Waals surface area contributed by atoms with Gasteiger partial charge in [0.25, 0.3) is 5.91 Å². The second-order valence-electron chi connectivity index (χ2n) is 6.64. The molecule has 1 heterocycles. The molecule has 1 amide bonds. The Labute approximate surface area is 186 Å². The Morgan fingerprint density at radius 2 is 1.58 bits per heavy atom. The molecule has 0 aliphatic carbocycles. The van der Waals surface area contributed by atoms with Crippen molar-refractivity contribution in [2.24, 2.45) is 0 Å². The van der Waals surface area contributed by atoms with Gasteiger partial charge in [-0.2, -0.15) is 0 Å². The predicted molar refractivity (Wildman–Crippen MR) is 115 cm³/mol. The molecule has 9 heteroatoms. The molecule has 156 valence electrons. The van der Waals surface area contributed by atoms with Gasteiger partial charge in [-0.15, -0.1) is 0 Å². The Kier molecular flexibility index (Phi) is 5.47. The van der Waals surface area contributed by atoms with Crippen LogP contribution in [-0.2, 0) is 19.4 Å². The number of anilines is 1. The second kappa shape index (κ2) is 8.09.